The summed E-state index contributed by atoms with van der Waals surface area (Å²) in [5, 5.41) is 0. The maximum absolute atomic E-state index is 13.6. The molecule has 0 bridgehead atoms. The lowest BCUT2D eigenvalue weighted by molar-refractivity contribution is -0.141. The molecule has 0 aliphatic rings. The van der Waals surface area contributed by atoms with E-state index < -0.39 is 24.2 Å². The Hall–Kier alpha value is -3.16. The Morgan fingerprint density at radius 1 is 1.12 bits per heavy atom. The minimum absolute atomic E-state index is 0.0822. The fourth-order valence-electron chi connectivity index (χ4n) is 2.34. The van der Waals surface area contributed by atoms with E-state index in [1.165, 1.54) is 12.3 Å². The van der Waals surface area contributed by atoms with Crippen LogP contribution in [0.15, 0.2) is 48.7 Å². The normalized spacial score (nSPS) is 11.4. The van der Waals surface area contributed by atoms with Gasteiger partial charge in [0, 0.05) is 11.1 Å². The molecule has 26 heavy (non-hydrogen) atoms. The number of halogens is 4. The molecule has 1 radical (unpaired) electrons. The van der Waals surface area contributed by atoms with Crippen molar-refractivity contribution < 1.29 is 22.3 Å². The number of nitrogens with two attached hydrogens (primary N) is 1. The first kappa shape index (κ1) is 17.7. The number of nitrogen functional groups attached to an aromatic ring is 1. The SMILES string of the molecule is Nc1ncc(-c2cc[c]cc2)nc1OCc1cccc(F)c1C(F)(F)F. The molecule has 0 fully saturated rings. The molecule has 0 saturated carbocycles. The molecule has 1 heterocycles. The highest BCUT2D eigenvalue weighted by atomic mass is 19.4. The number of nitrogens with zero attached hydrogens (tertiary/aromatic N) is 2. The van der Waals surface area contributed by atoms with E-state index >= 15 is 0 Å². The number of ether oxygens (including phenoxy) is 1. The molecule has 0 amide bonds. The van der Waals surface area contributed by atoms with Gasteiger partial charge in [0.1, 0.15) is 12.4 Å². The first-order valence-corrected chi connectivity index (χ1v) is 7.42. The zero-order chi connectivity index (χ0) is 18.7. The van der Waals surface area contributed by atoms with Gasteiger partial charge in [-0.3, -0.25) is 0 Å². The fraction of sp³-hybridized carbons (Fsp3) is 0.111. The summed E-state index contributed by atoms with van der Waals surface area (Å²) in [6.07, 6.45) is -3.43. The molecule has 4 nitrogen and oxygen atoms in total. The van der Waals surface area contributed by atoms with Crippen LogP contribution in [-0.2, 0) is 12.8 Å². The molecule has 2 N–H and O–H groups in total. The van der Waals surface area contributed by atoms with Gasteiger partial charge < -0.3 is 10.5 Å². The average Bonchev–Trinajstić information content (AvgIpc) is 2.60. The van der Waals surface area contributed by atoms with Gasteiger partial charge in [-0.2, -0.15) is 13.2 Å². The lowest BCUT2D eigenvalue weighted by Gasteiger charge is -2.14. The predicted octanol–water partition coefficient (Wildman–Crippen LogP) is 4.26. The van der Waals surface area contributed by atoms with Gasteiger partial charge in [-0.1, -0.05) is 36.4 Å². The van der Waals surface area contributed by atoms with Crippen molar-refractivity contribution in [2.24, 2.45) is 0 Å². The van der Waals surface area contributed by atoms with E-state index in [4.69, 9.17) is 10.5 Å². The smallest absolute Gasteiger partial charge is 0.419 e. The van der Waals surface area contributed by atoms with Crippen molar-refractivity contribution in [2.45, 2.75) is 12.8 Å². The minimum Gasteiger partial charge on any atom is -0.470 e. The van der Waals surface area contributed by atoms with Crippen LogP contribution in [0, 0.1) is 11.9 Å². The van der Waals surface area contributed by atoms with E-state index in [1.807, 2.05) is 0 Å². The zero-order valence-corrected chi connectivity index (χ0v) is 13.2. The quantitative estimate of drug-likeness (QED) is 0.705. The van der Waals surface area contributed by atoms with Crippen LogP contribution in [0.2, 0.25) is 0 Å². The standard InChI is InChI=1S/C18H12F4N3O/c19-13-8-4-7-12(15(13)18(20,21)22)10-26-17-16(23)24-9-14(25-17)11-5-2-1-3-6-11/h2-9H,10H2,(H2,23,24). The van der Waals surface area contributed by atoms with Crippen molar-refractivity contribution in [3.8, 4) is 17.1 Å². The van der Waals surface area contributed by atoms with Gasteiger partial charge in [0.15, 0.2) is 5.82 Å². The van der Waals surface area contributed by atoms with Gasteiger partial charge >= 0.3 is 6.18 Å². The van der Waals surface area contributed by atoms with E-state index in [-0.39, 0.29) is 17.3 Å². The lowest BCUT2D eigenvalue weighted by Crippen LogP contribution is -2.14. The molecule has 0 unspecified atom stereocenters. The second-order valence-corrected chi connectivity index (χ2v) is 5.29. The van der Waals surface area contributed by atoms with Crippen molar-refractivity contribution in [3.63, 3.8) is 0 Å². The molecule has 0 aliphatic carbocycles. The largest absolute Gasteiger partial charge is 0.470 e. The van der Waals surface area contributed by atoms with Crippen molar-refractivity contribution in [1.29, 1.82) is 0 Å². The summed E-state index contributed by atoms with van der Waals surface area (Å²) in [7, 11) is 0. The monoisotopic (exact) mass is 362 g/mol. The summed E-state index contributed by atoms with van der Waals surface area (Å²) >= 11 is 0. The summed E-state index contributed by atoms with van der Waals surface area (Å²) in [6, 6.07) is 12.7. The Morgan fingerprint density at radius 2 is 1.85 bits per heavy atom. The Kier molecular flexibility index (Phi) is 4.75. The summed E-state index contributed by atoms with van der Waals surface area (Å²) in [4.78, 5) is 8.11. The average molecular weight is 362 g/mol. The molecular formula is C18H12F4N3O. The van der Waals surface area contributed by atoms with Crippen LogP contribution in [0.1, 0.15) is 11.1 Å². The van der Waals surface area contributed by atoms with Crippen LogP contribution in [0.25, 0.3) is 11.3 Å². The molecule has 0 aliphatic heterocycles. The van der Waals surface area contributed by atoms with Crippen molar-refractivity contribution in [2.75, 3.05) is 5.73 Å². The van der Waals surface area contributed by atoms with Gasteiger partial charge in [-0.25, -0.2) is 14.4 Å². The maximum Gasteiger partial charge on any atom is 0.419 e. The van der Waals surface area contributed by atoms with Crippen LogP contribution in [-0.4, -0.2) is 9.97 Å². The van der Waals surface area contributed by atoms with Crippen molar-refractivity contribution in [1.82, 2.24) is 9.97 Å². The summed E-state index contributed by atoms with van der Waals surface area (Å²) in [5.41, 5.74) is 5.09. The van der Waals surface area contributed by atoms with Crippen molar-refractivity contribution >= 4 is 5.82 Å². The van der Waals surface area contributed by atoms with Crippen LogP contribution < -0.4 is 10.5 Å². The molecule has 2 aromatic carbocycles. The number of rotatable bonds is 4. The van der Waals surface area contributed by atoms with E-state index in [0.29, 0.717) is 11.3 Å². The van der Waals surface area contributed by atoms with Gasteiger partial charge in [0.2, 0.25) is 0 Å². The number of anilines is 1. The molecule has 3 rings (SSSR count). The molecule has 3 aromatic rings. The topological polar surface area (TPSA) is 61.0 Å². The van der Waals surface area contributed by atoms with Gasteiger partial charge in [0.05, 0.1) is 17.5 Å². The maximum atomic E-state index is 13.6. The molecule has 133 valence electrons. The number of hydrogen-bond donors (Lipinski definition) is 1. The molecule has 1 aromatic heterocycles. The summed E-state index contributed by atoms with van der Waals surface area (Å²) < 4.78 is 58.1. The molecular weight excluding hydrogens is 350 g/mol. The second kappa shape index (κ2) is 6.99. The van der Waals surface area contributed by atoms with Crippen molar-refractivity contribution in [3.05, 3.63) is 71.7 Å². The predicted molar refractivity (Wildman–Crippen MR) is 86.5 cm³/mol. The van der Waals surface area contributed by atoms with Gasteiger partial charge in [0.25, 0.3) is 5.88 Å². The fourth-order valence-corrected chi connectivity index (χ4v) is 2.34. The number of aromatic nitrogens is 2. The minimum atomic E-state index is -4.84. The second-order valence-electron chi connectivity index (χ2n) is 5.29. The Bertz CT molecular complexity index is 914. The van der Waals surface area contributed by atoms with Crippen LogP contribution in [0.3, 0.4) is 0 Å². The number of hydrogen-bond acceptors (Lipinski definition) is 4. The summed E-state index contributed by atoms with van der Waals surface area (Å²) in [5.74, 6) is -1.58. The highest BCUT2D eigenvalue weighted by Crippen LogP contribution is 2.34. The lowest BCUT2D eigenvalue weighted by atomic mass is 10.1. The first-order chi connectivity index (χ1) is 12.4. The molecule has 0 spiro atoms. The highest BCUT2D eigenvalue weighted by molar-refractivity contribution is 5.60. The zero-order valence-electron chi connectivity index (χ0n) is 13.2. The van der Waals surface area contributed by atoms with E-state index in [2.05, 4.69) is 16.0 Å². The highest BCUT2D eigenvalue weighted by Gasteiger charge is 2.36. The van der Waals surface area contributed by atoms with Crippen LogP contribution >= 0.6 is 0 Å². The third-order valence-electron chi connectivity index (χ3n) is 3.53. The van der Waals surface area contributed by atoms with E-state index in [1.54, 1.807) is 24.3 Å². The van der Waals surface area contributed by atoms with Crippen LogP contribution in [0.4, 0.5) is 23.4 Å². The number of alkyl halides is 3. The summed E-state index contributed by atoms with van der Waals surface area (Å²) in [6.45, 7) is -0.558. The molecule has 0 atom stereocenters. The Morgan fingerprint density at radius 3 is 2.54 bits per heavy atom. The van der Waals surface area contributed by atoms with E-state index in [9.17, 15) is 17.6 Å². The third-order valence-corrected chi connectivity index (χ3v) is 3.53. The molecule has 0 saturated heterocycles. The number of benzene rings is 2. The van der Waals surface area contributed by atoms with E-state index in [0.717, 1.165) is 12.1 Å². The molecule has 8 heteroatoms. The Balaban J connectivity index is 1.89. The van der Waals surface area contributed by atoms with Crippen LogP contribution in [0.5, 0.6) is 5.88 Å². The third kappa shape index (κ3) is 3.74. The Labute approximate surface area is 146 Å². The van der Waals surface area contributed by atoms with Gasteiger partial charge in [-0.15, -0.1) is 0 Å². The first-order valence-electron chi connectivity index (χ1n) is 7.42. The van der Waals surface area contributed by atoms with Gasteiger partial charge in [-0.05, 0) is 12.1 Å².